The fraction of sp³-hybridized carbons (Fsp3) is 0.647. The Morgan fingerprint density at radius 1 is 1.24 bits per heavy atom. The smallest absolute Gasteiger partial charge is 0.119 e. The van der Waals surface area contributed by atoms with Crippen LogP contribution in [0.25, 0.3) is 0 Å². The summed E-state index contributed by atoms with van der Waals surface area (Å²) in [7, 11) is 0. The predicted octanol–water partition coefficient (Wildman–Crippen LogP) is 2.62. The van der Waals surface area contributed by atoms with Crippen LogP contribution in [0.5, 0.6) is 5.75 Å². The van der Waals surface area contributed by atoms with E-state index in [0.29, 0.717) is 0 Å². The minimum absolute atomic E-state index is 0.310. The van der Waals surface area contributed by atoms with E-state index in [0.717, 1.165) is 50.6 Å². The summed E-state index contributed by atoms with van der Waals surface area (Å²) in [6.45, 7) is 10.2. The van der Waals surface area contributed by atoms with E-state index in [1.807, 2.05) is 24.3 Å². The average molecular weight is 293 g/mol. The highest BCUT2D eigenvalue weighted by Crippen LogP contribution is 2.32. The van der Waals surface area contributed by atoms with Crippen LogP contribution >= 0.6 is 0 Å². The van der Waals surface area contributed by atoms with Crippen molar-refractivity contribution in [3.05, 3.63) is 29.8 Å². The number of hydrogen-bond donors (Lipinski definition) is 1. The van der Waals surface area contributed by atoms with Crippen LogP contribution in [0, 0.1) is 0 Å². The Morgan fingerprint density at radius 3 is 2.43 bits per heavy atom. The number of nitrogens with zero attached hydrogens (tertiary/aromatic N) is 1. The van der Waals surface area contributed by atoms with Crippen molar-refractivity contribution in [1.82, 2.24) is 4.90 Å². The zero-order valence-corrected chi connectivity index (χ0v) is 13.3. The fourth-order valence-corrected chi connectivity index (χ4v) is 2.69. The largest absolute Gasteiger partial charge is 0.494 e. The summed E-state index contributed by atoms with van der Waals surface area (Å²) in [4.78, 5) is 2.29. The van der Waals surface area contributed by atoms with Gasteiger partial charge >= 0.3 is 0 Å². The molecule has 1 atom stereocenters. The highest BCUT2D eigenvalue weighted by Gasteiger charge is 2.36. The second kappa shape index (κ2) is 7.25. The van der Waals surface area contributed by atoms with E-state index in [2.05, 4.69) is 25.7 Å². The molecule has 1 N–H and O–H groups in total. The molecule has 1 aliphatic heterocycles. The third kappa shape index (κ3) is 3.96. The lowest BCUT2D eigenvalue weighted by Gasteiger charge is -2.43. The van der Waals surface area contributed by atoms with Crippen LogP contribution in [0.15, 0.2) is 24.3 Å². The van der Waals surface area contributed by atoms with Gasteiger partial charge in [-0.3, -0.25) is 4.90 Å². The monoisotopic (exact) mass is 293 g/mol. The third-order valence-corrected chi connectivity index (χ3v) is 4.16. The van der Waals surface area contributed by atoms with Crippen LogP contribution in [0.1, 0.15) is 38.9 Å². The summed E-state index contributed by atoms with van der Waals surface area (Å²) in [5, 5.41) is 10.7. The molecule has 1 aromatic carbocycles. The Kier molecular flexibility index (Phi) is 5.62. The zero-order valence-electron chi connectivity index (χ0n) is 13.3. The molecule has 0 radical (unpaired) electrons. The van der Waals surface area contributed by atoms with Gasteiger partial charge in [-0.05, 0) is 38.0 Å². The first kappa shape index (κ1) is 16.3. The summed E-state index contributed by atoms with van der Waals surface area (Å²) >= 11 is 0. The van der Waals surface area contributed by atoms with Crippen LogP contribution in [-0.2, 0) is 4.74 Å². The molecule has 1 saturated heterocycles. The molecule has 4 heteroatoms. The average Bonchev–Trinajstić information content (AvgIpc) is 2.53. The van der Waals surface area contributed by atoms with Gasteiger partial charge in [0.25, 0.3) is 0 Å². The Bertz CT molecular complexity index is 424. The normalized spacial score (nSPS) is 18.5. The summed E-state index contributed by atoms with van der Waals surface area (Å²) in [6, 6.07) is 7.78. The maximum Gasteiger partial charge on any atom is 0.119 e. The summed E-state index contributed by atoms with van der Waals surface area (Å²) in [5.41, 5.74) is 0.616. The second-order valence-corrected chi connectivity index (χ2v) is 6.07. The number of rotatable bonds is 6. The molecular weight excluding hydrogens is 266 g/mol. The molecular formula is C17H27NO3. The van der Waals surface area contributed by atoms with Gasteiger partial charge in [-0.15, -0.1) is 0 Å². The van der Waals surface area contributed by atoms with Gasteiger partial charge in [0, 0.05) is 18.6 Å². The number of morpholine rings is 1. The molecule has 2 rings (SSSR count). The van der Waals surface area contributed by atoms with Crippen molar-refractivity contribution in [2.75, 3.05) is 32.9 Å². The van der Waals surface area contributed by atoms with Crippen LogP contribution in [-0.4, -0.2) is 48.5 Å². The zero-order chi connectivity index (χ0) is 15.3. The van der Waals surface area contributed by atoms with E-state index in [1.54, 1.807) is 0 Å². The standard InChI is InChI=1S/C17H27NO3/c1-4-11-21-15-7-5-14(6-8-15)16(19)17(2,3)18-9-12-20-13-10-18/h5-8,16,19H,4,9-13H2,1-3H3. The molecule has 0 aromatic heterocycles. The van der Waals surface area contributed by atoms with Crippen molar-refractivity contribution in [2.45, 2.75) is 38.8 Å². The lowest BCUT2D eigenvalue weighted by molar-refractivity contribution is -0.0630. The number of ether oxygens (including phenoxy) is 2. The molecule has 1 heterocycles. The van der Waals surface area contributed by atoms with E-state index in [1.165, 1.54) is 0 Å². The van der Waals surface area contributed by atoms with Crippen LogP contribution in [0.4, 0.5) is 0 Å². The predicted molar refractivity (Wildman–Crippen MR) is 83.7 cm³/mol. The van der Waals surface area contributed by atoms with E-state index in [-0.39, 0.29) is 5.54 Å². The van der Waals surface area contributed by atoms with Gasteiger partial charge < -0.3 is 14.6 Å². The lowest BCUT2D eigenvalue weighted by Crippen LogP contribution is -2.53. The maximum absolute atomic E-state index is 10.7. The van der Waals surface area contributed by atoms with Crippen molar-refractivity contribution >= 4 is 0 Å². The molecule has 118 valence electrons. The van der Waals surface area contributed by atoms with Gasteiger partial charge in [0.15, 0.2) is 0 Å². The molecule has 0 bridgehead atoms. The highest BCUT2D eigenvalue weighted by atomic mass is 16.5. The van der Waals surface area contributed by atoms with Gasteiger partial charge in [-0.1, -0.05) is 19.1 Å². The Hall–Kier alpha value is -1.10. The first-order chi connectivity index (χ1) is 10.1. The Labute approximate surface area is 127 Å². The minimum Gasteiger partial charge on any atom is -0.494 e. The second-order valence-electron chi connectivity index (χ2n) is 6.07. The van der Waals surface area contributed by atoms with Gasteiger partial charge in [0.2, 0.25) is 0 Å². The molecule has 0 saturated carbocycles. The molecule has 1 unspecified atom stereocenters. The molecule has 21 heavy (non-hydrogen) atoms. The maximum atomic E-state index is 10.7. The number of aliphatic hydroxyl groups excluding tert-OH is 1. The van der Waals surface area contributed by atoms with Crippen molar-refractivity contribution in [1.29, 1.82) is 0 Å². The van der Waals surface area contributed by atoms with Crippen molar-refractivity contribution in [3.8, 4) is 5.75 Å². The number of aliphatic hydroxyl groups is 1. The fourth-order valence-electron chi connectivity index (χ4n) is 2.69. The van der Waals surface area contributed by atoms with Gasteiger partial charge in [-0.25, -0.2) is 0 Å². The van der Waals surface area contributed by atoms with E-state index in [9.17, 15) is 5.11 Å². The molecule has 1 aromatic rings. The molecule has 0 amide bonds. The molecule has 0 aliphatic carbocycles. The van der Waals surface area contributed by atoms with Crippen LogP contribution in [0.2, 0.25) is 0 Å². The SMILES string of the molecule is CCCOc1ccc(C(O)C(C)(C)N2CCOCC2)cc1. The van der Waals surface area contributed by atoms with Crippen molar-refractivity contribution in [2.24, 2.45) is 0 Å². The first-order valence-electron chi connectivity index (χ1n) is 7.79. The topological polar surface area (TPSA) is 41.9 Å². The lowest BCUT2D eigenvalue weighted by atomic mass is 9.89. The van der Waals surface area contributed by atoms with E-state index in [4.69, 9.17) is 9.47 Å². The third-order valence-electron chi connectivity index (χ3n) is 4.16. The highest BCUT2D eigenvalue weighted by molar-refractivity contribution is 5.30. The van der Waals surface area contributed by atoms with Crippen LogP contribution in [0.3, 0.4) is 0 Å². The van der Waals surface area contributed by atoms with E-state index < -0.39 is 6.10 Å². The van der Waals surface area contributed by atoms with Gasteiger partial charge in [-0.2, -0.15) is 0 Å². The Balaban J connectivity index is 2.05. The summed E-state index contributed by atoms with van der Waals surface area (Å²) in [6.07, 6.45) is 0.463. The molecule has 0 spiro atoms. The quantitative estimate of drug-likeness (QED) is 0.875. The van der Waals surface area contributed by atoms with Crippen molar-refractivity contribution in [3.63, 3.8) is 0 Å². The first-order valence-corrected chi connectivity index (χ1v) is 7.79. The molecule has 4 nitrogen and oxygen atoms in total. The van der Waals surface area contributed by atoms with Gasteiger partial charge in [0.05, 0.1) is 25.9 Å². The number of benzene rings is 1. The van der Waals surface area contributed by atoms with Crippen LogP contribution < -0.4 is 4.74 Å². The minimum atomic E-state index is -0.532. The molecule has 1 fully saturated rings. The number of hydrogen-bond acceptors (Lipinski definition) is 4. The van der Waals surface area contributed by atoms with E-state index >= 15 is 0 Å². The molecule has 1 aliphatic rings. The van der Waals surface area contributed by atoms with Crippen molar-refractivity contribution < 1.29 is 14.6 Å². The summed E-state index contributed by atoms with van der Waals surface area (Å²) in [5.74, 6) is 0.858. The van der Waals surface area contributed by atoms with Gasteiger partial charge in [0.1, 0.15) is 5.75 Å². The Morgan fingerprint density at radius 2 is 1.86 bits per heavy atom. The summed E-state index contributed by atoms with van der Waals surface area (Å²) < 4.78 is 11.0.